The fourth-order valence-electron chi connectivity index (χ4n) is 1.93. The molecule has 1 aliphatic heterocycles. The van der Waals surface area contributed by atoms with Crippen molar-refractivity contribution < 1.29 is 9.57 Å². The Bertz CT molecular complexity index is 506. The van der Waals surface area contributed by atoms with Gasteiger partial charge in [0, 0.05) is 6.07 Å². The average molecular weight is 228 g/mol. The molecular weight excluding hydrogens is 214 g/mol. The number of hydroxylamine groups is 2. The number of nitrogens with zero attached hydrogens (tertiary/aromatic N) is 1. The van der Waals surface area contributed by atoms with Crippen LogP contribution in [0.15, 0.2) is 36.4 Å². The number of fused-ring (bicyclic) bond motifs is 1. The highest BCUT2D eigenvalue weighted by atomic mass is 16.7. The Hall–Kier alpha value is -1.58. The van der Waals surface area contributed by atoms with E-state index in [1.165, 1.54) is 5.39 Å². The lowest BCUT2D eigenvalue weighted by Gasteiger charge is -2.26. The van der Waals surface area contributed by atoms with Gasteiger partial charge in [0.1, 0.15) is 0 Å². The predicted molar refractivity (Wildman–Crippen MR) is 65.8 cm³/mol. The molecule has 0 unspecified atom stereocenters. The molecule has 3 rings (SSSR count). The molecule has 1 aliphatic rings. The summed E-state index contributed by atoms with van der Waals surface area (Å²) in [6.45, 7) is 3.07. The molecule has 0 atom stereocenters. The first-order chi connectivity index (χ1) is 8.42. The fraction of sp³-hybridized carbons (Fsp3) is 0.286. The van der Waals surface area contributed by atoms with Crippen LogP contribution < -0.4 is 4.84 Å². The number of ether oxygens (including phenoxy) is 1. The van der Waals surface area contributed by atoms with E-state index in [9.17, 15) is 0 Å². The van der Waals surface area contributed by atoms with Crippen molar-refractivity contribution in [2.75, 3.05) is 26.3 Å². The van der Waals surface area contributed by atoms with Crippen molar-refractivity contribution in [3.63, 3.8) is 0 Å². The zero-order valence-electron chi connectivity index (χ0n) is 9.56. The first-order valence-electron chi connectivity index (χ1n) is 5.83. The summed E-state index contributed by atoms with van der Waals surface area (Å²) in [4.78, 5) is 5.76. The summed E-state index contributed by atoms with van der Waals surface area (Å²) in [5.41, 5.74) is 0. The van der Waals surface area contributed by atoms with Crippen molar-refractivity contribution in [3.8, 4) is 5.75 Å². The number of hydrogen-bond donors (Lipinski definition) is 0. The summed E-state index contributed by atoms with van der Waals surface area (Å²) in [7, 11) is 0. The van der Waals surface area contributed by atoms with Crippen LogP contribution >= 0.6 is 0 Å². The maximum atomic E-state index is 5.76. The van der Waals surface area contributed by atoms with Crippen LogP contribution in [0.25, 0.3) is 10.8 Å². The lowest BCUT2D eigenvalue weighted by molar-refractivity contribution is -0.118. The summed E-state index contributed by atoms with van der Waals surface area (Å²) in [6, 6.07) is 15.4. The van der Waals surface area contributed by atoms with Gasteiger partial charge in [0.2, 0.25) is 0 Å². The van der Waals surface area contributed by atoms with Crippen molar-refractivity contribution in [1.82, 2.24) is 5.06 Å². The van der Waals surface area contributed by atoms with Crippen LogP contribution in [-0.4, -0.2) is 31.4 Å². The lowest BCUT2D eigenvalue weighted by atomic mass is 10.1. The highest BCUT2D eigenvalue weighted by Crippen LogP contribution is 2.20. The van der Waals surface area contributed by atoms with E-state index in [4.69, 9.17) is 9.57 Å². The van der Waals surface area contributed by atoms with E-state index in [1.54, 1.807) is 0 Å². The van der Waals surface area contributed by atoms with Gasteiger partial charge in [-0.1, -0.05) is 30.3 Å². The molecule has 1 radical (unpaired) electrons. The quantitative estimate of drug-likeness (QED) is 0.787. The van der Waals surface area contributed by atoms with Gasteiger partial charge in [0.15, 0.2) is 5.75 Å². The SMILES string of the molecule is [c]1c(ON2CCOCC2)ccc2ccccc12. The van der Waals surface area contributed by atoms with Gasteiger partial charge in [-0.25, -0.2) is 0 Å². The lowest BCUT2D eigenvalue weighted by Crippen LogP contribution is -2.38. The van der Waals surface area contributed by atoms with Crippen LogP contribution in [0, 0.1) is 6.07 Å². The number of hydrogen-bond acceptors (Lipinski definition) is 3. The molecule has 1 saturated heterocycles. The predicted octanol–water partition coefficient (Wildman–Crippen LogP) is 2.27. The Labute approximate surface area is 101 Å². The maximum absolute atomic E-state index is 5.76. The van der Waals surface area contributed by atoms with E-state index in [0.717, 1.165) is 37.4 Å². The normalized spacial score (nSPS) is 17.2. The molecule has 0 N–H and O–H groups in total. The second-order valence-electron chi connectivity index (χ2n) is 4.04. The monoisotopic (exact) mass is 228 g/mol. The van der Waals surface area contributed by atoms with E-state index < -0.39 is 0 Å². The third-order valence-electron chi connectivity index (χ3n) is 2.83. The second kappa shape index (κ2) is 4.73. The molecule has 3 heteroatoms. The molecule has 1 heterocycles. The van der Waals surface area contributed by atoms with Gasteiger partial charge in [0.05, 0.1) is 26.3 Å². The molecule has 0 bridgehead atoms. The molecule has 0 spiro atoms. The van der Waals surface area contributed by atoms with Crippen LogP contribution in [0.3, 0.4) is 0 Å². The Morgan fingerprint density at radius 1 is 1.06 bits per heavy atom. The summed E-state index contributed by atoms with van der Waals surface area (Å²) in [6.07, 6.45) is 0. The molecule has 0 saturated carbocycles. The highest BCUT2D eigenvalue weighted by molar-refractivity contribution is 5.82. The van der Waals surface area contributed by atoms with Gasteiger partial charge in [0.25, 0.3) is 0 Å². The van der Waals surface area contributed by atoms with E-state index >= 15 is 0 Å². The Morgan fingerprint density at radius 3 is 2.76 bits per heavy atom. The summed E-state index contributed by atoms with van der Waals surface area (Å²) in [5.74, 6) is 0.769. The zero-order chi connectivity index (χ0) is 11.5. The molecule has 0 aliphatic carbocycles. The van der Waals surface area contributed by atoms with E-state index in [2.05, 4.69) is 18.2 Å². The summed E-state index contributed by atoms with van der Waals surface area (Å²) < 4.78 is 5.28. The first-order valence-corrected chi connectivity index (χ1v) is 5.83. The first kappa shape index (κ1) is 10.6. The van der Waals surface area contributed by atoms with E-state index in [0.29, 0.717) is 0 Å². The summed E-state index contributed by atoms with van der Waals surface area (Å²) >= 11 is 0. The minimum atomic E-state index is 0.730. The molecule has 2 aromatic rings. The van der Waals surface area contributed by atoms with Gasteiger partial charge in [-0.15, -0.1) is 5.06 Å². The minimum Gasteiger partial charge on any atom is -0.405 e. The van der Waals surface area contributed by atoms with Gasteiger partial charge in [-0.3, -0.25) is 0 Å². The molecule has 0 aromatic heterocycles. The molecule has 1 fully saturated rings. The van der Waals surface area contributed by atoms with Crippen molar-refractivity contribution in [2.24, 2.45) is 0 Å². The zero-order valence-corrected chi connectivity index (χ0v) is 9.56. The molecule has 2 aromatic carbocycles. The van der Waals surface area contributed by atoms with Gasteiger partial charge < -0.3 is 9.57 Å². The summed E-state index contributed by atoms with van der Waals surface area (Å²) in [5, 5.41) is 4.18. The third-order valence-corrected chi connectivity index (χ3v) is 2.83. The average Bonchev–Trinajstić information content (AvgIpc) is 2.40. The van der Waals surface area contributed by atoms with Gasteiger partial charge in [-0.05, 0) is 16.8 Å². The number of rotatable bonds is 2. The maximum Gasteiger partial charge on any atom is 0.156 e. The second-order valence-corrected chi connectivity index (χ2v) is 4.04. The van der Waals surface area contributed by atoms with Crippen LogP contribution in [0.5, 0.6) is 5.75 Å². The van der Waals surface area contributed by atoms with Crippen LogP contribution in [0.1, 0.15) is 0 Å². The van der Waals surface area contributed by atoms with Crippen molar-refractivity contribution >= 4 is 10.8 Å². The Balaban J connectivity index is 1.80. The fourth-order valence-corrected chi connectivity index (χ4v) is 1.93. The minimum absolute atomic E-state index is 0.730. The van der Waals surface area contributed by atoms with E-state index in [1.807, 2.05) is 29.3 Å². The van der Waals surface area contributed by atoms with Crippen LogP contribution in [0.4, 0.5) is 0 Å². The molecule has 17 heavy (non-hydrogen) atoms. The van der Waals surface area contributed by atoms with Gasteiger partial charge in [-0.2, -0.15) is 0 Å². The highest BCUT2D eigenvalue weighted by Gasteiger charge is 2.12. The molecule has 3 nitrogen and oxygen atoms in total. The Morgan fingerprint density at radius 2 is 1.88 bits per heavy atom. The molecule has 0 amide bonds. The third kappa shape index (κ3) is 2.40. The number of benzene rings is 2. The van der Waals surface area contributed by atoms with E-state index in [-0.39, 0.29) is 0 Å². The topological polar surface area (TPSA) is 21.7 Å². The van der Waals surface area contributed by atoms with Crippen molar-refractivity contribution in [2.45, 2.75) is 0 Å². The van der Waals surface area contributed by atoms with Crippen LogP contribution in [0.2, 0.25) is 0 Å². The van der Waals surface area contributed by atoms with Crippen molar-refractivity contribution in [3.05, 3.63) is 42.5 Å². The van der Waals surface area contributed by atoms with Crippen LogP contribution in [-0.2, 0) is 4.74 Å². The van der Waals surface area contributed by atoms with Gasteiger partial charge >= 0.3 is 0 Å². The number of morpholine rings is 1. The smallest absolute Gasteiger partial charge is 0.156 e. The standard InChI is InChI=1S/C14H14NO2/c1-2-4-13-11-14(6-5-12(13)3-1)17-15-7-9-16-10-8-15/h1-6H,7-10H2. The molecule has 87 valence electrons. The molecular formula is C14H14NO2. The Kier molecular flexibility index (Phi) is 2.94. The van der Waals surface area contributed by atoms with Crippen molar-refractivity contribution in [1.29, 1.82) is 0 Å². The largest absolute Gasteiger partial charge is 0.405 e.